The Hall–Kier alpha value is -1.22. The Bertz CT molecular complexity index is 363. The van der Waals surface area contributed by atoms with Crippen molar-refractivity contribution in [1.29, 1.82) is 0 Å². The maximum Gasteiger partial charge on any atom is 0.123 e. The lowest BCUT2D eigenvalue weighted by Gasteiger charge is -2.10. The molecule has 0 spiro atoms. The molecule has 1 heterocycles. The molecular formula is C12H17NO2. The van der Waals surface area contributed by atoms with Crippen LogP contribution in [-0.2, 0) is 12.8 Å². The fourth-order valence-electron chi connectivity index (χ4n) is 2.02. The largest absolute Gasteiger partial charge is 0.496 e. The van der Waals surface area contributed by atoms with Crippen molar-refractivity contribution in [2.75, 3.05) is 13.7 Å². The Balaban J connectivity index is 2.36. The highest BCUT2D eigenvalue weighted by atomic mass is 16.5. The van der Waals surface area contributed by atoms with E-state index in [1.807, 2.05) is 0 Å². The SMILES string of the molecule is COc1cc2c(cc1CCN)OC(C)C2. The molecule has 1 aliphatic rings. The number of nitrogens with two attached hydrogens (primary N) is 1. The molecule has 0 aromatic heterocycles. The van der Waals surface area contributed by atoms with Gasteiger partial charge in [-0.3, -0.25) is 0 Å². The molecule has 2 rings (SSSR count). The number of rotatable bonds is 3. The van der Waals surface area contributed by atoms with Gasteiger partial charge >= 0.3 is 0 Å². The monoisotopic (exact) mass is 207 g/mol. The van der Waals surface area contributed by atoms with Crippen LogP contribution in [0.25, 0.3) is 0 Å². The van der Waals surface area contributed by atoms with Crippen LogP contribution in [-0.4, -0.2) is 19.8 Å². The smallest absolute Gasteiger partial charge is 0.123 e. The van der Waals surface area contributed by atoms with E-state index >= 15 is 0 Å². The van der Waals surface area contributed by atoms with Gasteiger partial charge in [-0.1, -0.05) is 0 Å². The summed E-state index contributed by atoms with van der Waals surface area (Å²) in [6, 6.07) is 4.13. The lowest BCUT2D eigenvalue weighted by atomic mass is 10.0. The van der Waals surface area contributed by atoms with E-state index in [1.165, 1.54) is 5.56 Å². The van der Waals surface area contributed by atoms with Gasteiger partial charge in [-0.25, -0.2) is 0 Å². The molecule has 1 atom stereocenters. The van der Waals surface area contributed by atoms with Gasteiger partial charge in [0.05, 0.1) is 7.11 Å². The first kappa shape index (κ1) is 10.3. The van der Waals surface area contributed by atoms with Gasteiger partial charge in [0.25, 0.3) is 0 Å². The fourth-order valence-corrected chi connectivity index (χ4v) is 2.02. The molecule has 0 bridgehead atoms. The van der Waals surface area contributed by atoms with Crippen molar-refractivity contribution < 1.29 is 9.47 Å². The van der Waals surface area contributed by atoms with E-state index in [1.54, 1.807) is 7.11 Å². The number of hydrogen-bond acceptors (Lipinski definition) is 3. The Kier molecular flexibility index (Phi) is 2.82. The zero-order valence-corrected chi connectivity index (χ0v) is 9.25. The standard InChI is InChI=1S/C12H17NO2/c1-8-5-10-7-11(14-2)9(3-4-13)6-12(10)15-8/h6-8H,3-5,13H2,1-2H3. The quantitative estimate of drug-likeness (QED) is 0.817. The van der Waals surface area contributed by atoms with Crippen LogP contribution in [0.5, 0.6) is 11.5 Å². The van der Waals surface area contributed by atoms with E-state index in [0.717, 1.165) is 29.9 Å². The number of benzene rings is 1. The number of fused-ring (bicyclic) bond motifs is 1. The normalized spacial score (nSPS) is 18.5. The van der Waals surface area contributed by atoms with Crippen molar-refractivity contribution in [3.63, 3.8) is 0 Å². The van der Waals surface area contributed by atoms with Crippen LogP contribution in [0.15, 0.2) is 12.1 Å². The number of ether oxygens (including phenoxy) is 2. The maximum atomic E-state index is 5.70. The molecule has 3 nitrogen and oxygen atoms in total. The van der Waals surface area contributed by atoms with Crippen LogP contribution in [0.2, 0.25) is 0 Å². The van der Waals surface area contributed by atoms with Gasteiger partial charge in [0.2, 0.25) is 0 Å². The average Bonchev–Trinajstić information content (AvgIpc) is 2.56. The Labute approximate surface area is 90.2 Å². The predicted octanol–water partition coefficient (Wildman–Crippen LogP) is 1.52. The fraction of sp³-hybridized carbons (Fsp3) is 0.500. The highest BCUT2D eigenvalue weighted by Crippen LogP contribution is 2.34. The lowest BCUT2D eigenvalue weighted by molar-refractivity contribution is 0.254. The molecule has 1 unspecified atom stereocenters. The van der Waals surface area contributed by atoms with Crippen molar-refractivity contribution in [2.45, 2.75) is 25.9 Å². The summed E-state index contributed by atoms with van der Waals surface area (Å²) in [4.78, 5) is 0. The van der Waals surface area contributed by atoms with Crippen LogP contribution in [0.4, 0.5) is 0 Å². The highest BCUT2D eigenvalue weighted by molar-refractivity contribution is 5.48. The Morgan fingerprint density at radius 2 is 2.33 bits per heavy atom. The minimum absolute atomic E-state index is 0.276. The molecule has 0 amide bonds. The summed E-state index contributed by atoms with van der Waals surface area (Å²) in [7, 11) is 1.70. The Morgan fingerprint density at radius 3 is 3.00 bits per heavy atom. The van der Waals surface area contributed by atoms with E-state index < -0.39 is 0 Å². The molecule has 0 aliphatic carbocycles. The highest BCUT2D eigenvalue weighted by Gasteiger charge is 2.21. The maximum absolute atomic E-state index is 5.70. The van der Waals surface area contributed by atoms with Crippen LogP contribution >= 0.6 is 0 Å². The first-order chi connectivity index (χ1) is 7.24. The van der Waals surface area contributed by atoms with Crippen LogP contribution in [0.1, 0.15) is 18.1 Å². The van der Waals surface area contributed by atoms with E-state index in [0.29, 0.717) is 6.54 Å². The molecule has 2 N–H and O–H groups in total. The van der Waals surface area contributed by atoms with Crippen LogP contribution in [0.3, 0.4) is 0 Å². The van der Waals surface area contributed by atoms with Crippen LogP contribution < -0.4 is 15.2 Å². The first-order valence-electron chi connectivity index (χ1n) is 5.31. The first-order valence-corrected chi connectivity index (χ1v) is 5.31. The van der Waals surface area contributed by atoms with Gasteiger partial charge in [0.1, 0.15) is 17.6 Å². The molecule has 1 aromatic rings. The summed E-state index contributed by atoms with van der Waals surface area (Å²) in [5.74, 6) is 1.92. The molecule has 0 radical (unpaired) electrons. The summed E-state index contributed by atoms with van der Waals surface area (Å²) in [6.07, 6.45) is 2.07. The van der Waals surface area contributed by atoms with Gasteiger partial charge in [-0.2, -0.15) is 0 Å². The van der Waals surface area contributed by atoms with Crippen molar-refractivity contribution in [3.8, 4) is 11.5 Å². The summed E-state index contributed by atoms with van der Waals surface area (Å²) in [6.45, 7) is 2.71. The molecule has 82 valence electrons. The van der Waals surface area contributed by atoms with Gasteiger partial charge < -0.3 is 15.2 Å². The second kappa shape index (κ2) is 4.11. The minimum Gasteiger partial charge on any atom is -0.496 e. The summed E-state index contributed by atoms with van der Waals surface area (Å²) in [5, 5.41) is 0. The average molecular weight is 207 g/mol. The molecule has 0 saturated carbocycles. The van der Waals surface area contributed by atoms with E-state index in [9.17, 15) is 0 Å². The van der Waals surface area contributed by atoms with E-state index in [-0.39, 0.29) is 6.10 Å². The molecule has 3 heteroatoms. The second-order valence-corrected chi connectivity index (χ2v) is 3.94. The third-order valence-corrected chi connectivity index (χ3v) is 2.71. The molecular weight excluding hydrogens is 190 g/mol. The molecule has 15 heavy (non-hydrogen) atoms. The third-order valence-electron chi connectivity index (χ3n) is 2.71. The van der Waals surface area contributed by atoms with Crippen molar-refractivity contribution in [1.82, 2.24) is 0 Å². The summed E-state index contributed by atoms with van der Waals surface area (Å²) in [5.41, 5.74) is 7.93. The lowest BCUT2D eigenvalue weighted by Crippen LogP contribution is -2.05. The third kappa shape index (κ3) is 1.92. The minimum atomic E-state index is 0.276. The molecule has 0 fully saturated rings. The number of hydrogen-bond donors (Lipinski definition) is 1. The van der Waals surface area contributed by atoms with E-state index in [4.69, 9.17) is 15.2 Å². The van der Waals surface area contributed by atoms with Gasteiger partial charge in [0, 0.05) is 12.0 Å². The zero-order valence-electron chi connectivity index (χ0n) is 9.25. The predicted molar refractivity (Wildman–Crippen MR) is 59.5 cm³/mol. The topological polar surface area (TPSA) is 44.5 Å². The Morgan fingerprint density at radius 1 is 1.53 bits per heavy atom. The van der Waals surface area contributed by atoms with Crippen molar-refractivity contribution in [2.24, 2.45) is 5.73 Å². The van der Waals surface area contributed by atoms with Crippen molar-refractivity contribution in [3.05, 3.63) is 23.3 Å². The summed E-state index contributed by atoms with van der Waals surface area (Å²) < 4.78 is 11.0. The molecule has 0 saturated heterocycles. The van der Waals surface area contributed by atoms with E-state index in [2.05, 4.69) is 19.1 Å². The van der Waals surface area contributed by atoms with Crippen LogP contribution in [0, 0.1) is 0 Å². The van der Waals surface area contributed by atoms with Gasteiger partial charge in [0.15, 0.2) is 0 Å². The zero-order chi connectivity index (χ0) is 10.8. The van der Waals surface area contributed by atoms with Crippen molar-refractivity contribution >= 4 is 0 Å². The summed E-state index contributed by atoms with van der Waals surface area (Å²) >= 11 is 0. The number of methoxy groups -OCH3 is 1. The van der Waals surface area contributed by atoms with Gasteiger partial charge in [-0.15, -0.1) is 0 Å². The second-order valence-electron chi connectivity index (χ2n) is 3.94. The molecule has 1 aromatic carbocycles. The van der Waals surface area contributed by atoms with Gasteiger partial charge in [-0.05, 0) is 37.6 Å². The molecule has 1 aliphatic heterocycles.